The molecule has 0 unspecified atom stereocenters. The monoisotopic (exact) mass is 287 g/mol. The fourth-order valence-electron chi connectivity index (χ4n) is 2.07. The number of nitro benzene ring substituents is 1. The maximum absolute atomic E-state index is 12.2. The molecule has 0 saturated heterocycles. The summed E-state index contributed by atoms with van der Waals surface area (Å²) in [6.45, 7) is 3.40. The molecule has 7 nitrogen and oxygen atoms in total. The Morgan fingerprint density at radius 1 is 1.33 bits per heavy atom. The van der Waals surface area contributed by atoms with Gasteiger partial charge in [0.2, 0.25) is 0 Å². The molecule has 0 aliphatic rings. The molecule has 0 fully saturated rings. The lowest BCUT2D eigenvalue weighted by Crippen LogP contribution is -2.25. The van der Waals surface area contributed by atoms with Gasteiger partial charge in [-0.2, -0.15) is 0 Å². The summed E-state index contributed by atoms with van der Waals surface area (Å²) in [5.41, 5.74) is 3.92. The first-order valence-corrected chi connectivity index (χ1v) is 6.14. The highest BCUT2D eigenvalue weighted by atomic mass is 16.6. The summed E-state index contributed by atoms with van der Waals surface area (Å²) in [7, 11) is 0. The van der Waals surface area contributed by atoms with Gasteiger partial charge in [-0.3, -0.25) is 29.8 Å². The zero-order valence-corrected chi connectivity index (χ0v) is 11.5. The van der Waals surface area contributed by atoms with Crippen LogP contribution in [-0.4, -0.2) is 21.8 Å². The second-order valence-electron chi connectivity index (χ2n) is 4.49. The molecule has 0 aliphatic heterocycles. The molecule has 0 aliphatic carbocycles. The van der Waals surface area contributed by atoms with Crippen LogP contribution in [0.1, 0.15) is 32.1 Å². The molecular formula is C14H13N3O4. The quantitative estimate of drug-likeness (QED) is 0.530. The molecule has 21 heavy (non-hydrogen) atoms. The van der Waals surface area contributed by atoms with Gasteiger partial charge >= 0.3 is 0 Å². The minimum Gasteiger partial charge on any atom is -0.298 e. The summed E-state index contributed by atoms with van der Waals surface area (Å²) in [6, 6.07) is 7.31. The number of nitrogens with one attached hydrogen (secondary N) is 1. The number of carbonyl (C=O) groups is 2. The highest BCUT2D eigenvalue weighted by Gasteiger charge is 2.20. The van der Waals surface area contributed by atoms with E-state index < -0.39 is 10.8 Å². The van der Waals surface area contributed by atoms with Gasteiger partial charge in [-0.25, -0.2) is 0 Å². The smallest absolute Gasteiger partial charge is 0.282 e. The Balaban J connectivity index is 2.37. The fraction of sp³-hybridized carbons (Fsp3) is 0.143. The van der Waals surface area contributed by atoms with Crippen molar-refractivity contribution in [3.63, 3.8) is 0 Å². The van der Waals surface area contributed by atoms with Crippen LogP contribution in [-0.2, 0) is 0 Å². The standard InChI is InChI=1S/C14H13N3O4/c1-9-7-11(8-18)10(2)16(9)15-14(19)12-5-3-4-6-13(12)17(20)21/h3-8H,1-2H3,(H,15,19). The third-order valence-electron chi connectivity index (χ3n) is 3.16. The van der Waals surface area contributed by atoms with E-state index in [1.807, 2.05) is 0 Å². The van der Waals surface area contributed by atoms with Crippen molar-refractivity contribution in [3.8, 4) is 0 Å². The topological polar surface area (TPSA) is 94.2 Å². The Morgan fingerprint density at radius 2 is 2.00 bits per heavy atom. The number of aryl methyl sites for hydroxylation is 1. The van der Waals surface area contributed by atoms with E-state index in [-0.39, 0.29) is 11.3 Å². The first-order chi connectivity index (χ1) is 9.95. The molecule has 7 heteroatoms. The summed E-state index contributed by atoms with van der Waals surface area (Å²) < 4.78 is 1.43. The maximum atomic E-state index is 12.2. The molecule has 1 N–H and O–H groups in total. The van der Waals surface area contributed by atoms with Crippen LogP contribution in [0.4, 0.5) is 5.69 Å². The number of hydrogen-bond acceptors (Lipinski definition) is 4. The number of aldehydes is 1. The lowest BCUT2D eigenvalue weighted by molar-refractivity contribution is -0.385. The summed E-state index contributed by atoms with van der Waals surface area (Å²) in [5, 5.41) is 10.9. The van der Waals surface area contributed by atoms with E-state index in [0.717, 1.165) is 0 Å². The molecule has 1 amide bonds. The molecule has 0 spiro atoms. The van der Waals surface area contributed by atoms with Gasteiger partial charge in [0.05, 0.1) is 4.92 Å². The minimum atomic E-state index is -0.610. The van der Waals surface area contributed by atoms with Crippen LogP contribution in [0.25, 0.3) is 0 Å². The van der Waals surface area contributed by atoms with Gasteiger partial charge in [-0.1, -0.05) is 12.1 Å². The number of carbonyl (C=O) groups excluding carboxylic acids is 2. The second kappa shape index (κ2) is 5.58. The maximum Gasteiger partial charge on any atom is 0.282 e. The predicted octanol–water partition coefficient (Wildman–Crippen LogP) is 2.21. The number of amides is 1. The van der Waals surface area contributed by atoms with Gasteiger partial charge in [-0.15, -0.1) is 0 Å². The zero-order chi connectivity index (χ0) is 15.6. The third-order valence-corrected chi connectivity index (χ3v) is 3.16. The summed E-state index contributed by atoms with van der Waals surface area (Å²) in [5.74, 6) is -0.610. The number of nitrogens with zero attached hydrogens (tertiary/aromatic N) is 2. The molecule has 1 aromatic heterocycles. The predicted molar refractivity (Wildman–Crippen MR) is 76.1 cm³/mol. The van der Waals surface area contributed by atoms with Crippen molar-refractivity contribution >= 4 is 17.9 Å². The molecular weight excluding hydrogens is 274 g/mol. The van der Waals surface area contributed by atoms with E-state index in [1.165, 1.54) is 22.9 Å². The Morgan fingerprint density at radius 3 is 2.57 bits per heavy atom. The molecule has 0 saturated carbocycles. The van der Waals surface area contributed by atoms with Gasteiger partial charge in [0.15, 0.2) is 6.29 Å². The van der Waals surface area contributed by atoms with Crippen molar-refractivity contribution in [2.24, 2.45) is 0 Å². The largest absolute Gasteiger partial charge is 0.298 e. The lowest BCUT2D eigenvalue weighted by atomic mass is 10.2. The Labute approximate surface area is 120 Å². The number of rotatable bonds is 4. The number of aromatic nitrogens is 1. The van der Waals surface area contributed by atoms with Gasteiger partial charge < -0.3 is 0 Å². The van der Waals surface area contributed by atoms with E-state index in [4.69, 9.17) is 0 Å². The molecule has 2 rings (SSSR count). The van der Waals surface area contributed by atoms with Crippen LogP contribution in [0.5, 0.6) is 0 Å². The number of para-hydroxylation sites is 1. The molecule has 2 aromatic rings. The SMILES string of the molecule is Cc1cc(C=O)c(C)n1NC(=O)c1ccccc1[N+](=O)[O-]. The van der Waals surface area contributed by atoms with Crippen molar-refractivity contribution in [2.45, 2.75) is 13.8 Å². The average Bonchev–Trinajstić information content (AvgIpc) is 2.74. The van der Waals surface area contributed by atoms with Crippen LogP contribution >= 0.6 is 0 Å². The highest BCUT2D eigenvalue weighted by Crippen LogP contribution is 2.18. The first-order valence-electron chi connectivity index (χ1n) is 6.14. The van der Waals surface area contributed by atoms with E-state index in [2.05, 4.69) is 5.43 Å². The van der Waals surface area contributed by atoms with Gasteiger partial charge in [0.1, 0.15) is 5.56 Å². The summed E-state index contributed by atoms with van der Waals surface area (Å²) >= 11 is 0. The Bertz CT molecular complexity index is 734. The highest BCUT2D eigenvalue weighted by molar-refractivity contribution is 6.03. The first kappa shape index (κ1) is 14.4. The minimum absolute atomic E-state index is 0.0392. The second-order valence-corrected chi connectivity index (χ2v) is 4.49. The fourth-order valence-corrected chi connectivity index (χ4v) is 2.07. The Kier molecular flexibility index (Phi) is 3.84. The molecule has 1 aromatic carbocycles. The van der Waals surface area contributed by atoms with Crippen molar-refractivity contribution in [2.75, 3.05) is 5.43 Å². The van der Waals surface area contributed by atoms with E-state index in [9.17, 15) is 19.7 Å². The third kappa shape index (κ3) is 2.66. The average molecular weight is 287 g/mol. The van der Waals surface area contributed by atoms with Crippen LogP contribution in [0.3, 0.4) is 0 Å². The van der Waals surface area contributed by atoms with Crippen LogP contribution in [0.2, 0.25) is 0 Å². The molecule has 0 bridgehead atoms. The van der Waals surface area contributed by atoms with Gasteiger partial charge in [0, 0.05) is 23.0 Å². The van der Waals surface area contributed by atoms with Crippen LogP contribution in [0, 0.1) is 24.0 Å². The normalized spacial score (nSPS) is 10.2. The molecule has 0 radical (unpaired) electrons. The Hall–Kier alpha value is -2.96. The van der Waals surface area contributed by atoms with Gasteiger partial charge in [0.25, 0.3) is 11.6 Å². The van der Waals surface area contributed by atoms with Crippen molar-refractivity contribution in [1.82, 2.24) is 4.68 Å². The van der Waals surface area contributed by atoms with Crippen molar-refractivity contribution in [3.05, 3.63) is 63.0 Å². The van der Waals surface area contributed by atoms with Crippen LogP contribution < -0.4 is 5.43 Å². The van der Waals surface area contributed by atoms with Crippen molar-refractivity contribution < 1.29 is 14.5 Å². The lowest BCUT2D eigenvalue weighted by Gasteiger charge is -2.11. The molecule has 0 atom stereocenters. The molecule has 108 valence electrons. The van der Waals surface area contributed by atoms with E-state index in [1.54, 1.807) is 26.0 Å². The zero-order valence-electron chi connectivity index (χ0n) is 11.5. The van der Waals surface area contributed by atoms with E-state index >= 15 is 0 Å². The molecule has 1 heterocycles. The number of benzene rings is 1. The summed E-state index contributed by atoms with van der Waals surface area (Å²) in [4.78, 5) is 33.4. The summed E-state index contributed by atoms with van der Waals surface area (Å²) in [6.07, 6.45) is 0.690. The van der Waals surface area contributed by atoms with E-state index in [0.29, 0.717) is 23.2 Å². The number of nitro groups is 1. The van der Waals surface area contributed by atoms with Crippen LogP contribution in [0.15, 0.2) is 30.3 Å². The van der Waals surface area contributed by atoms with Gasteiger partial charge in [-0.05, 0) is 26.0 Å². The van der Waals surface area contributed by atoms with Crippen molar-refractivity contribution in [1.29, 1.82) is 0 Å². The number of hydrogen-bond donors (Lipinski definition) is 1.